The standard InChI is InChI=1S/C25H23N3O5S/c1-13(24(30)17-6-7-21-19(10-17)27(4)23(29)11-32-21)28-20-9-16(18-12-34-15(3)26-18)5-8-22(20)33-14(2)25(28)31/h5-10,12-14H,11H2,1-4H3. The molecule has 174 valence electrons. The number of likely N-dealkylation sites (N-methyl/N-ethyl adjacent to an activating group) is 1. The molecule has 0 fully saturated rings. The highest BCUT2D eigenvalue weighted by molar-refractivity contribution is 7.09. The molecule has 2 unspecified atom stereocenters. The van der Waals surface area contributed by atoms with Crippen molar-refractivity contribution in [1.82, 2.24) is 4.98 Å². The molecule has 0 bridgehead atoms. The van der Waals surface area contributed by atoms with E-state index in [1.807, 2.05) is 30.5 Å². The van der Waals surface area contributed by atoms with Crippen molar-refractivity contribution in [3.8, 4) is 22.8 Å². The second-order valence-electron chi connectivity index (χ2n) is 8.37. The molecule has 2 atom stereocenters. The third kappa shape index (κ3) is 3.62. The van der Waals surface area contributed by atoms with Gasteiger partial charge >= 0.3 is 0 Å². The van der Waals surface area contributed by atoms with Gasteiger partial charge in [-0.25, -0.2) is 4.98 Å². The Bertz CT molecular complexity index is 1330. The molecular weight excluding hydrogens is 454 g/mol. The quantitative estimate of drug-likeness (QED) is 0.530. The largest absolute Gasteiger partial charge is 0.482 e. The third-order valence-electron chi connectivity index (χ3n) is 6.12. The molecule has 0 N–H and O–H groups in total. The molecule has 2 aliphatic heterocycles. The number of ether oxygens (including phenoxy) is 2. The van der Waals surface area contributed by atoms with E-state index in [1.54, 1.807) is 50.4 Å². The summed E-state index contributed by atoms with van der Waals surface area (Å²) >= 11 is 1.54. The fraction of sp³-hybridized carbons (Fsp3) is 0.280. The lowest BCUT2D eigenvalue weighted by molar-refractivity contribution is -0.126. The summed E-state index contributed by atoms with van der Waals surface area (Å²) in [7, 11) is 1.65. The fourth-order valence-electron chi connectivity index (χ4n) is 4.20. The zero-order valence-corrected chi connectivity index (χ0v) is 20.0. The highest BCUT2D eigenvalue weighted by Crippen LogP contribution is 2.40. The van der Waals surface area contributed by atoms with Crippen LogP contribution in [-0.4, -0.2) is 48.4 Å². The molecule has 3 heterocycles. The van der Waals surface area contributed by atoms with E-state index in [1.165, 1.54) is 9.80 Å². The highest BCUT2D eigenvalue weighted by Gasteiger charge is 2.38. The number of anilines is 2. The third-order valence-corrected chi connectivity index (χ3v) is 6.89. The summed E-state index contributed by atoms with van der Waals surface area (Å²) < 4.78 is 11.3. The Morgan fingerprint density at radius 2 is 1.91 bits per heavy atom. The van der Waals surface area contributed by atoms with Gasteiger partial charge in [-0.1, -0.05) is 0 Å². The normalized spacial score (nSPS) is 18.1. The number of benzene rings is 2. The van der Waals surface area contributed by atoms with Crippen molar-refractivity contribution in [2.45, 2.75) is 32.9 Å². The van der Waals surface area contributed by atoms with Gasteiger partial charge < -0.3 is 14.4 Å². The minimum atomic E-state index is -0.798. The molecule has 3 aromatic rings. The second kappa shape index (κ2) is 8.25. The minimum Gasteiger partial charge on any atom is -0.482 e. The van der Waals surface area contributed by atoms with Crippen LogP contribution in [-0.2, 0) is 9.59 Å². The lowest BCUT2D eigenvalue weighted by Gasteiger charge is -2.36. The molecule has 2 amide bonds. The summed E-state index contributed by atoms with van der Waals surface area (Å²) in [6.07, 6.45) is -0.726. The Labute approximate surface area is 200 Å². The van der Waals surface area contributed by atoms with Crippen molar-refractivity contribution in [1.29, 1.82) is 0 Å². The van der Waals surface area contributed by atoms with Crippen LogP contribution in [0.2, 0.25) is 0 Å². The number of aryl methyl sites for hydroxylation is 1. The molecule has 0 saturated heterocycles. The van der Waals surface area contributed by atoms with Gasteiger partial charge in [-0.15, -0.1) is 11.3 Å². The van der Waals surface area contributed by atoms with Crippen LogP contribution in [0.15, 0.2) is 41.8 Å². The number of carbonyl (C=O) groups is 3. The molecule has 2 aromatic carbocycles. The molecule has 2 aliphatic rings. The van der Waals surface area contributed by atoms with Gasteiger partial charge in [0.25, 0.3) is 11.8 Å². The van der Waals surface area contributed by atoms with Crippen molar-refractivity contribution >= 4 is 40.3 Å². The summed E-state index contributed by atoms with van der Waals surface area (Å²) in [4.78, 5) is 46.3. The van der Waals surface area contributed by atoms with E-state index >= 15 is 0 Å². The van der Waals surface area contributed by atoms with Crippen molar-refractivity contribution in [2.24, 2.45) is 0 Å². The number of hydrogen-bond acceptors (Lipinski definition) is 7. The monoisotopic (exact) mass is 477 g/mol. The molecule has 0 aliphatic carbocycles. The summed E-state index contributed by atoms with van der Waals surface area (Å²) in [6.45, 7) is 5.27. The first kappa shape index (κ1) is 22.1. The van der Waals surface area contributed by atoms with Crippen LogP contribution in [0.25, 0.3) is 11.3 Å². The van der Waals surface area contributed by atoms with E-state index in [-0.39, 0.29) is 24.2 Å². The van der Waals surface area contributed by atoms with Crippen LogP contribution >= 0.6 is 11.3 Å². The summed E-state index contributed by atoms with van der Waals surface area (Å²) in [5, 5.41) is 2.89. The average molecular weight is 478 g/mol. The maximum Gasteiger partial charge on any atom is 0.268 e. The van der Waals surface area contributed by atoms with Crippen molar-refractivity contribution in [3.63, 3.8) is 0 Å². The molecule has 1 aromatic heterocycles. The Morgan fingerprint density at radius 3 is 2.65 bits per heavy atom. The minimum absolute atomic E-state index is 0.0367. The van der Waals surface area contributed by atoms with E-state index in [0.717, 1.165) is 16.3 Å². The SMILES string of the molecule is Cc1nc(-c2ccc3c(c2)N(C(C)C(=O)c2ccc4c(c2)N(C)C(=O)CO4)C(=O)C(C)O3)cs1. The zero-order chi connectivity index (χ0) is 24.1. The number of aromatic nitrogens is 1. The highest BCUT2D eigenvalue weighted by atomic mass is 32.1. The molecule has 34 heavy (non-hydrogen) atoms. The van der Waals surface area contributed by atoms with Gasteiger partial charge in [0.1, 0.15) is 11.5 Å². The molecule has 0 spiro atoms. The topological polar surface area (TPSA) is 89.0 Å². The number of thiazole rings is 1. The lowest BCUT2D eigenvalue weighted by atomic mass is 9.99. The molecule has 0 saturated carbocycles. The first-order valence-electron chi connectivity index (χ1n) is 10.9. The second-order valence-corrected chi connectivity index (χ2v) is 9.43. The summed E-state index contributed by atoms with van der Waals surface area (Å²) in [6, 6.07) is 9.72. The maximum atomic E-state index is 13.5. The fourth-order valence-corrected chi connectivity index (χ4v) is 4.82. The van der Waals surface area contributed by atoms with Crippen molar-refractivity contribution in [2.75, 3.05) is 23.5 Å². The molecular formula is C25H23N3O5S. The number of ketones is 1. The number of fused-ring (bicyclic) bond motifs is 2. The predicted octanol–water partition coefficient (Wildman–Crippen LogP) is 3.86. The number of rotatable bonds is 4. The van der Waals surface area contributed by atoms with Crippen LogP contribution in [0.3, 0.4) is 0 Å². The van der Waals surface area contributed by atoms with Crippen LogP contribution in [0.5, 0.6) is 11.5 Å². The summed E-state index contributed by atoms with van der Waals surface area (Å²) in [5.74, 6) is 0.328. The number of carbonyl (C=O) groups excluding carboxylic acids is 3. The van der Waals surface area contributed by atoms with Gasteiger partial charge in [0, 0.05) is 23.6 Å². The van der Waals surface area contributed by atoms with E-state index < -0.39 is 12.1 Å². The van der Waals surface area contributed by atoms with E-state index in [4.69, 9.17) is 9.47 Å². The van der Waals surface area contributed by atoms with Gasteiger partial charge in [0.2, 0.25) is 0 Å². The summed E-state index contributed by atoms with van der Waals surface area (Å²) in [5.41, 5.74) is 3.08. The Kier molecular flexibility index (Phi) is 5.36. The smallest absolute Gasteiger partial charge is 0.268 e. The average Bonchev–Trinajstić information content (AvgIpc) is 3.27. The number of nitrogens with zero attached hydrogens (tertiary/aromatic N) is 3. The van der Waals surface area contributed by atoms with Crippen LogP contribution < -0.4 is 19.3 Å². The van der Waals surface area contributed by atoms with Crippen LogP contribution in [0.4, 0.5) is 11.4 Å². The van der Waals surface area contributed by atoms with Gasteiger partial charge in [0.15, 0.2) is 18.5 Å². The van der Waals surface area contributed by atoms with Gasteiger partial charge in [-0.05, 0) is 57.2 Å². The Hall–Kier alpha value is -3.72. The Morgan fingerprint density at radius 1 is 1.15 bits per heavy atom. The van der Waals surface area contributed by atoms with Gasteiger partial charge in [0.05, 0.1) is 28.1 Å². The Balaban J connectivity index is 1.52. The lowest BCUT2D eigenvalue weighted by Crippen LogP contribution is -2.51. The van der Waals surface area contributed by atoms with E-state index in [0.29, 0.717) is 28.4 Å². The van der Waals surface area contributed by atoms with Crippen molar-refractivity contribution in [3.05, 3.63) is 52.3 Å². The first-order valence-corrected chi connectivity index (χ1v) is 11.8. The molecule has 5 rings (SSSR count). The zero-order valence-electron chi connectivity index (χ0n) is 19.2. The predicted molar refractivity (Wildman–Crippen MR) is 129 cm³/mol. The number of Topliss-reactive ketones (excluding diaryl/α,β-unsaturated/α-hetero) is 1. The molecule has 8 nitrogen and oxygen atoms in total. The van der Waals surface area contributed by atoms with Crippen molar-refractivity contribution < 1.29 is 23.9 Å². The van der Waals surface area contributed by atoms with Crippen LogP contribution in [0, 0.1) is 6.92 Å². The van der Waals surface area contributed by atoms with Crippen LogP contribution in [0.1, 0.15) is 29.2 Å². The number of hydrogen-bond donors (Lipinski definition) is 0. The maximum absolute atomic E-state index is 13.5. The molecule has 0 radical (unpaired) electrons. The van der Waals surface area contributed by atoms with E-state index in [9.17, 15) is 14.4 Å². The van der Waals surface area contributed by atoms with Gasteiger partial charge in [-0.3, -0.25) is 19.3 Å². The first-order chi connectivity index (χ1) is 16.2. The van der Waals surface area contributed by atoms with E-state index in [2.05, 4.69) is 4.98 Å². The molecule has 9 heteroatoms. The number of amides is 2. The van der Waals surface area contributed by atoms with Gasteiger partial charge in [-0.2, -0.15) is 0 Å².